The summed E-state index contributed by atoms with van der Waals surface area (Å²) in [5.41, 5.74) is 7.40. The zero-order valence-corrected chi connectivity index (χ0v) is 12.5. The zero-order valence-electron chi connectivity index (χ0n) is 11.7. The van der Waals surface area contributed by atoms with Gasteiger partial charge in [0, 0.05) is 29.7 Å². The number of sulfone groups is 1. The first-order chi connectivity index (χ1) is 10.5. The van der Waals surface area contributed by atoms with E-state index in [4.69, 9.17) is 5.73 Å². The zero-order chi connectivity index (χ0) is 15.7. The Kier molecular flexibility index (Phi) is 3.67. The van der Waals surface area contributed by atoms with Crippen LogP contribution in [0.3, 0.4) is 0 Å². The van der Waals surface area contributed by atoms with Gasteiger partial charge in [-0.15, -0.1) is 0 Å². The van der Waals surface area contributed by atoms with Crippen LogP contribution in [0.1, 0.15) is 28.4 Å². The van der Waals surface area contributed by atoms with E-state index in [1.807, 2.05) is 0 Å². The van der Waals surface area contributed by atoms with Crippen LogP contribution in [0, 0.1) is 0 Å². The molecule has 0 radical (unpaired) electrons. The molecule has 0 bridgehead atoms. The number of aromatic nitrogens is 1. The maximum Gasteiger partial charge on any atom is 0.255 e. The Hall–Kier alpha value is -2.25. The van der Waals surface area contributed by atoms with Crippen molar-refractivity contribution >= 4 is 21.4 Å². The summed E-state index contributed by atoms with van der Waals surface area (Å²) in [5.74, 6) is -0.361. The van der Waals surface area contributed by atoms with Crippen molar-refractivity contribution in [1.82, 2.24) is 4.98 Å². The topological polar surface area (TPSA) is 102 Å². The summed E-state index contributed by atoms with van der Waals surface area (Å²) < 4.78 is 24.3. The van der Waals surface area contributed by atoms with Gasteiger partial charge in [-0.3, -0.25) is 9.78 Å². The summed E-state index contributed by atoms with van der Waals surface area (Å²) in [6.07, 6.45) is 3.52. The number of benzene rings is 1. The number of fused-ring (bicyclic) bond motifs is 1. The van der Waals surface area contributed by atoms with Gasteiger partial charge in [0.2, 0.25) is 0 Å². The van der Waals surface area contributed by atoms with Crippen LogP contribution in [0.25, 0.3) is 0 Å². The molecule has 7 heteroatoms. The van der Waals surface area contributed by atoms with Crippen molar-refractivity contribution in [2.24, 2.45) is 5.73 Å². The number of nitrogens with zero attached hydrogens (tertiary/aromatic N) is 1. The molecule has 0 spiro atoms. The molecule has 1 amide bonds. The number of carbonyl (C=O) groups excluding carboxylic acids is 1. The predicted molar refractivity (Wildman–Crippen MR) is 82.2 cm³/mol. The van der Waals surface area contributed by atoms with Crippen LogP contribution in [-0.2, 0) is 9.84 Å². The van der Waals surface area contributed by atoms with Gasteiger partial charge in [-0.25, -0.2) is 8.42 Å². The van der Waals surface area contributed by atoms with E-state index < -0.39 is 9.84 Å². The van der Waals surface area contributed by atoms with E-state index in [0.717, 1.165) is 0 Å². The number of rotatable bonds is 2. The first-order valence-electron chi connectivity index (χ1n) is 6.81. The molecular formula is C15H15N3O3S. The largest absolute Gasteiger partial charge is 0.324 e. The van der Waals surface area contributed by atoms with Gasteiger partial charge in [0.05, 0.1) is 10.6 Å². The lowest BCUT2D eigenvalue weighted by atomic mass is 10.0. The van der Waals surface area contributed by atoms with E-state index in [9.17, 15) is 13.2 Å². The number of carbonyl (C=O) groups is 1. The lowest BCUT2D eigenvalue weighted by molar-refractivity contribution is 0.102. The molecule has 0 saturated heterocycles. The Labute approximate surface area is 128 Å². The van der Waals surface area contributed by atoms with E-state index in [0.29, 0.717) is 17.7 Å². The first kappa shape index (κ1) is 14.7. The number of pyridine rings is 1. The highest BCUT2D eigenvalue weighted by Crippen LogP contribution is 2.31. The Morgan fingerprint density at radius 2 is 1.95 bits per heavy atom. The summed E-state index contributed by atoms with van der Waals surface area (Å²) in [4.78, 5) is 16.3. The molecule has 114 valence electrons. The summed E-state index contributed by atoms with van der Waals surface area (Å²) in [6, 6.07) is 7.62. The van der Waals surface area contributed by atoms with Gasteiger partial charge in [-0.1, -0.05) is 6.07 Å². The second-order valence-corrected chi connectivity index (χ2v) is 7.23. The third kappa shape index (κ3) is 2.72. The molecule has 1 aromatic carbocycles. The van der Waals surface area contributed by atoms with Gasteiger partial charge in [0.25, 0.3) is 5.91 Å². The number of nitrogens with two attached hydrogens (primary N) is 1. The normalized spacial score (nSPS) is 19.2. The molecule has 0 saturated carbocycles. The molecule has 1 atom stereocenters. The van der Waals surface area contributed by atoms with Crippen LogP contribution in [0.15, 0.2) is 47.6 Å². The van der Waals surface area contributed by atoms with Crippen LogP contribution in [0.5, 0.6) is 0 Å². The van der Waals surface area contributed by atoms with Gasteiger partial charge < -0.3 is 11.1 Å². The summed E-state index contributed by atoms with van der Waals surface area (Å²) in [5, 5.41) is 2.70. The predicted octanol–water partition coefficient (Wildman–Crippen LogP) is 1.51. The van der Waals surface area contributed by atoms with Gasteiger partial charge >= 0.3 is 0 Å². The van der Waals surface area contributed by atoms with E-state index in [2.05, 4.69) is 10.3 Å². The second kappa shape index (κ2) is 5.51. The molecule has 0 fully saturated rings. The Bertz CT molecular complexity index is 819. The van der Waals surface area contributed by atoms with Gasteiger partial charge in [-0.05, 0) is 36.2 Å². The number of amides is 1. The molecule has 1 aliphatic rings. The van der Waals surface area contributed by atoms with Crippen molar-refractivity contribution in [3.8, 4) is 0 Å². The van der Waals surface area contributed by atoms with E-state index >= 15 is 0 Å². The van der Waals surface area contributed by atoms with Gasteiger partial charge in [0.15, 0.2) is 9.84 Å². The van der Waals surface area contributed by atoms with Crippen molar-refractivity contribution in [2.75, 3.05) is 11.1 Å². The fourth-order valence-electron chi connectivity index (χ4n) is 2.44. The maximum absolute atomic E-state index is 12.2. The third-order valence-corrected chi connectivity index (χ3v) is 5.44. The molecule has 0 unspecified atom stereocenters. The molecule has 2 aromatic rings. The standard InChI is InChI=1S/C15H15N3O3S/c16-13-5-8-22(20,21)14-9-10(1-2-12(13)14)15(19)18-11-3-6-17-7-4-11/h1-4,6-7,9,13H,5,8,16H2,(H,17,18,19)/t13-/m0/s1. The number of anilines is 1. The molecule has 2 heterocycles. The fourth-order valence-corrected chi connectivity index (χ4v) is 4.11. The monoisotopic (exact) mass is 317 g/mol. The van der Waals surface area contributed by atoms with Crippen molar-refractivity contribution in [3.63, 3.8) is 0 Å². The highest BCUT2D eigenvalue weighted by Gasteiger charge is 2.29. The Balaban J connectivity index is 1.95. The number of hydrogen-bond acceptors (Lipinski definition) is 5. The molecule has 0 aliphatic carbocycles. The van der Waals surface area contributed by atoms with Crippen LogP contribution < -0.4 is 11.1 Å². The molecular weight excluding hydrogens is 302 g/mol. The van der Waals surface area contributed by atoms with Crippen LogP contribution in [0.2, 0.25) is 0 Å². The Morgan fingerprint density at radius 3 is 2.68 bits per heavy atom. The van der Waals surface area contributed by atoms with E-state index in [-0.39, 0.29) is 28.2 Å². The van der Waals surface area contributed by atoms with Crippen LogP contribution in [-0.4, -0.2) is 25.1 Å². The van der Waals surface area contributed by atoms with Crippen LogP contribution >= 0.6 is 0 Å². The molecule has 6 nitrogen and oxygen atoms in total. The summed E-state index contributed by atoms with van der Waals surface area (Å²) in [7, 11) is -3.37. The average Bonchev–Trinajstić information content (AvgIpc) is 2.52. The minimum absolute atomic E-state index is 0.0105. The van der Waals surface area contributed by atoms with E-state index in [1.165, 1.54) is 6.07 Å². The fraction of sp³-hybridized carbons (Fsp3) is 0.200. The van der Waals surface area contributed by atoms with Crippen LogP contribution in [0.4, 0.5) is 5.69 Å². The molecule has 22 heavy (non-hydrogen) atoms. The number of hydrogen-bond donors (Lipinski definition) is 2. The SMILES string of the molecule is N[C@H]1CCS(=O)(=O)c2cc(C(=O)Nc3ccncc3)ccc21. The quantitative estimate of drug-likeness (QED) is 0.874. The highest BCUT2D eigenvalue weighted by atomic mass is 32.2. The third-order valence-electron chi connectivity index (χ3n) is 3.65. The molecule has 1 aliphatic heterocycles. The molecule has 3 rings (SSSR count). The summed E-state index contributed by atoms with van der Waals surface area (Å²) in [6.45, 7) is 0. The van der Waals surface area contributed by atoms with Gasteiger partial charge in [-0.2, -0.15) is 0 Å². The van der Waals surface area contributed by atoms with Crippen molar-refractivity contribution in [2.45, 2.75) is 17.4 Å². The van der Waals surface area contributed by atoms with Crippen molar-refractivity contribution in [1.29, 1.82) is 0 Å². The smallest absolute Gasteiger partial charge is 0.255 e. The minimum atomic E-state index is -3.37. The van der Waals surface area contributed by atoms with Crippen molar-refractivity contribution in [3.05, 3.63) is 53.9 Å². The molecule has 3 N–H and O–H groups in total. The maximum atomic E-state index is 12.2. The lowest BCUT2D eigenvalue weighted by Crippen LogP contribution is -2.25. The Morgan fingerprint density at radius 1 is 1.23 bits per heavy atom. The average molecular weight is 317 g/mol. The van der Waals surface area contributed by atoms with Gasteiger partial charge in [0.1, 0.15) is 0 Å². The second-order valence-electron chi connectivity index (χ2n) is 5.16. The lowest BCUT2D eigenvalue weighted by Gasteiger charge is -2.22. The highest BCUT2D eigenvalue weighted by molar-refractivity contribution is 7.91. The minimum Gasteiger partial charge on any atom is -0.324 e. The van der Waals surface area contributed by atoms with E-state index in [1.54, 1.807) is 36.7 Å². The molecule has 1 aromatic heterocycles. The van der Waals surface area contributed by atoms with Crippen molar-refractivity contribution < 1.29 is 13.2 Å². The summed E-state index contributed by atoms with van der Waals surface area (Å²) >= 11 is 0. The number of nitrogens with one attached hydrogen (secondary N) is 1. The first-order valence-corrected chi connectivity index (χ1v) is 8.46.